The number of hydrazone groups is 1. The van der Waals surface area contributed by atoms with Crippen LogP contribution in [-0.2, 0) is 0 Å². The van der Waals surface area contributed by atoms with E-state index < -0.39 is 17.2 Å². The highest BCUT2D eigenvalue weighted by molar-refractivity contribution is 5.95. The molecule has 2 aromatic carbocycles. The molecule has 0 bridgehead atoms. The van der Waals surface area contributed by atoms with Gasteiger partial charge in [0, 0.05) is 11.6 Å². The molecule has 0 aliphatic rings. The number of fused-ring (bicyclic) bond motifs is 1. The Hall–Kier alpha value is -3.68. The predicted octanol–water partition coefficient (Wildman–Crippen LogP) is 2.11. The van der Waals surface area contributed by atoms with E-state index >= 15 is 0 Å². The van der Waals surface area contributed by atoms with Gasteiger partial charge in [0.25, 0.3) is 5.91 Å². The highest BCUT2D eigenvalue weighted by atomic mass is 19.1. The van der Waals surface area contributed by atoms with Gasteiger partial charge >= 0.3 is 0 Å². The van der Waals surface area contributed by atoms with Crippen molar-refractivity contribution >= 4 is 23.1 Å². The van der Waals surface area contributed by atoms with Crippen molar-refractivity contribution in [3.63, 3.8) is 0 Å². The molecule has 1 amide bonds. The fourth-order valence-electron chi connectivity index (χ4n) is 2.16. The molecule has 25 heavy (non-hydrogen) atoms. The van der Waals surface area contributed by atoms with Gasteiger partial charge in [0.05, 0.1) is 17.2 Å². The summed E-state index contributed by atoms with van der Waals surface area (Å²) in [5, 5.41) is 22.4. The van der Waals surface area contributed by atoms with Crippen molar-refractivity contribution < 1.29 is 23.8 Å². The van der Waals surface area contributed by atoms with Crippen molar-refractivity contribution in [1.82, 2.24) is 5.43 Å². The number of phenols is 2. The maximum Gasteiger partial charge on any atom is 0.271 e. The Bertz CT molecular complexity index is 1040. The molecule has 0 aliphatic carbocycles. The largest absolute Gasteiger partial charge is 0.508 e. The zero-order chi connectivity index (χ0) is 18.0. The molecular weight excluding hydrogens is 331 g/mol. The molecule has 0 aliphatic heterocycles. The van der Waals surface area contributed by atoms with Crippen LogP contribution in [0.3, 0.4) is 0 Å². The number of phenolic OH excluding ortho intramolecular Hbond substituents is 2. The Morgan fingerprint density at radius 1 is 1.16 bits per heavy atom. The smallest absolute Gasteiger partial charge is 0.271 e. The van der Waals surface area contributed by atoms with Crippen LogP contribution in [0.1, 0.15) is 15.9 Å². The number of aromatic hydroxyl groups is 2. The van der Waals surface area contributed by atoms with Crippen LogP contribution in [0, 0.1) is 5.82 Å². The molecular formula is C17H11FN2O5. The van der Waals surface area contributed by atoms with Crippen LogP contribution in [0.5, 0.6) is 11.5 Å². The summed E-state index contributed by atoms with van der Waals surface area (Å²) in [5.41, 5.74) is 1.85. The molecule has 0 atom stereocenters. The monoisotopic (exact) mass is 342 g/mol. The molecule has 1 heterocycles. The van der Waals surface area contributed by atoms with Crippen LogP contribution in [0.4, 0.5) is 4.39 Å². The average molecular weight is 342 g/mol. The van der Waals surface area contributed by atoms with Crippen LogP contribution in [-0.4, -0.2) is 22.3 Å². The molecule has 0 radical (unpaired) electrons. The van der Waals surface area contributed by atoms with Crippen LogP contribution in [0.25, 0.3) is 11.0 Å². The number of carbonyl (C=O) groups is 1. The van der Waals surface area contributed by atoms with Gasteiger partial charge in [0.1, 0.15) is 29.2 Å². The molecule has 7 nitrogen and oxygen atoms in total. The summed E-state index contributed by atoms with van der Waals surface area (Å²) >= 11 is 0. The van der Waals surface area contributed by atoms with Crippen molar-refractivity contribution in [1.29, 1.82) is 0 Å². The lowest BCUT2D eigenvalue weighted by Gasteiger charge is -2.02. The fourth-order valence-corrected chi connectivity index (χ4v) is 2.16. The molecule has 0 saturated heterocycles. The van der Waals surface area contributed by atoms with Gasteiger partial charge in [0.15, 0.2) is 0 Å². The van der Waals surface area contributed by atoms with Crippen LogP contribution in [0.15, 0.2) is 57.0 Å². The zero-order valence-electron chi connectivity index (χ0n) is 12.6. The molecule has 0 fully saturated rings. The van der Waals surface area contributed by atoms with Gasteiger partial charge in [-0.05, 0) is 30.3 Å². The highest BCUT2D eigenvalue weighted by Gasteiger charge is 2.09. The third kappa shape index (κ3) is 3.47. The zero-order valence-corrected chi connectivity index (χ0v) is 12.6. The number of hydrogen-bond acceptors (Lipinski definition) is 6. The molecule has 3 N–H and O–H groups in total. The van der Waals surface area contributed by atoms with Crippen LogP contribution < -0.4 is 10.9 Å². The highest BCUT2D eigenvalue weighted by Crippen LogP contribution is 2.20. The van der Waals surface area contributed by atoms with E-state index in [2.05, 4.69) is 10.5 Å². The maximum atomic E-state index is 13.2. The predicted molar refractivity (Wildman–Crippen MR) is 87.3 cm³/mol. The number of hydrogen-bond donors (Lipinski definition) is 3. The Morgan fingerprint density at radius 3 is 2.60 bits per heavy atom. The lowest BCUT2D eigenvalue weighted by atomic mass is 10.2. The Balaban J connectivity index is 1.82. The molecule has 8 heteroatoms. The number of nitrogens with zero attached hydrogens (tertiary/aromatic N) is 1. The number of amides is 1. The first-order valence-electron chi connectivity index (χ1n) is 7.01. The first-order valence-corrected chi connectivity index (χ1v) is 7.01. The van der Waals surface area contributed by atoms with Gasteiger partial charge in [0.2, 0.25) is 5.43 Å². The van der Waals surface area contributed by atoms with Crippen molar-refractivity contribution in [2.45, 2.75) is 0 Å². The van der Waals surface area contributed by atoms with Gasteiger partial charge in [-0.2, -0.15) is 5.10 Å². The second-order valence-corrected chi connectivity index (χ2v) is 5.10. The van der Waals surface area contributed by atoms with Crippen LogP contribution >= 0.6 is 0 Å². The van der Waals surface area contributed by atoms with E-state index in [-0.39, 0.29) is 33.6 Å². The summed E-state index contributed by atoms with van der Waals surface area (Å²) in [4.78, 5) is 24.1. The molecule has 0 saturated carbocycles. The van der Waals surface area contributed by atoms with E-state index in [1.165, 1.54) is 12.1 Å². The first kappa shape index (κ1) is 16.2. The molecule has 3 aromatic rings. The standard InChI is InChI=1S/C17H11FN2O5/c18-11-1-2-15-14(5-11)16(23)10(8-25-15)7-19-20-17(24)9-3-12(21)6-13(22)4-9/h1-8,21-22H,(H,20,24)/b19-7+. The Morgan fingerprint density at radius 2 is 1.88 bits per heavy atom. The Kier molecular flexibility index (Phi) is 4.17. The van der Waals surface area contributed by atoms with E-state index in [1.807, 2.05) is 0 Å². The third-order valence-electron chi connectivity index (χ3n) is 3.30. The molecule has 1 aromatic heterocycles. The van der Waals surface area contributed by atoms with Crippen molar-refractivity contribution in [2.24, 2.45) is 5.10 Å². The fraction of sp³-hybridized carbons (Fsp3) is 0. The summed E-state index contributed by atoms with van der Waals surface area (Å²) < 4.78 is 18.5. The van der Waals surface area contributed by atoms with Gasteiger partial charge in [-0.25, -0.2) is 9.82 Å². The molecule has 0 spiro atoms. The summed E-state index contributed by atoms with van der Waals surface area (Å²) in [6.45, 7) is 0. The van der Waals surface area contributed by atoms with E-state index in [1.54, 1.807) is 0 Å². The topological polar surface area (TPSA) is 112 Å². The number of halogens is 1. The van der Waals surface area contributed by atoms with Gasteiger partial charge in [-0.15, -0.1) is 0 Å². The Labute approximate surface area is 139 Å². The number of carbonyl (C=O) groups excluding carboxylic acids is 1. The molecule has 0 unspecified atom stereocenters. The number of benzene rings is 2. The van der Waals surface area contributed by atoms with Gasteiger partial charge in [-0.1, -0.05) is 0 Å². The lowest BCUT2D eigenvalue weighted by molar-refractivity contribution is 0.0954. The summed E-state index contributed by atoms with van der Waals surface area (Å²) in [7, 11) is 0. The number of nitrogens with one attached hydrogen (secondary N) is 1. The van der Waals surface area contributed by atoms with E-state index in [9.17, 15) is 24.2 Å². The van der Waals surface area contributed by atoms with Gasteiger partial charge < -0.3 is 14.6 Å². The molecule has 126 valence electrons. The quantitative estimate of drug-likeness (QED) is 0.498. The second-order valence-electron chi connectivity index (χ2n) is 5.10. The van der Waals surface area contributed by atoms with E-state index in [0.29, 0.717) is 0 Å². The minimum absolute atomic E-state index is 0.0113. The van der Waals surface area contributed by atoms with Gasteiger partial charge in [-0.3, -0.25) is 9.59 Å². The minimum Gasteiger partial charge on any atom is -0.508 e. The molecule has 3 rings (SSSR count). The first-order chi connectivity index (χ1) is 11.9. The summed E-state index contributed by atoms with van der Waals surface area (Å²) in [6, 6.07) is 6.90. The normalized spacial score (nSPS) is 11.1. The average Bonchev–Trinajstić information content (AvgIpc) is 2.56. The van der Waals surface area contributed by atoms with Crippen molar-refractivity contribution in [3.8, 4) is 11.5 Å². The van der Waals surface area contributed by atoms with Crippen LogP contribution in [0.2, 0.25) is 0 Å². The maximum absolute atomic E-state index is 13.2. The van der Waals surface area contributed by atoms with E-state index in [0.717, 1.165) is 36.7 Å². The van der Waals surface area contributed by atoms with Crippen molar-refractivity contribution in [3.05, 3.63) is 69.8 Å². The second kappa shape index (κ2) is 6.44. The lowest BCUT2D eigenvalue weighted by Crippen LogP contribution is -2.18. The number of rotatable bonds is 3. The summed E-state index contributed by atoms with van der Waals surface area (Å²) in [6.07, 6.45) is 2.19. The SMILES string of the molecule is O=C(N/N=C/c1coc2ccc(F)cc2c1=O)c1cc(O)cc(O)c1. The summed E-state index contributed by atoms with van der Waals surface area (Å²) in [5.74, 6) is -1.86. The van der Waals surface area contributed by atoms with E-state index in [4.69, 9.17) is 4.42 Å². The third-order valence-corrected chi connectivity index (χ3v) is 3.30. The minimum atomic E-state index is -0.710. The van der Waals surface area contributed by atoms with Crippen molar-refractivity contribution in [2.75, 3.05) is 0 Å².